The van der Waals surface area contributed by atoms with Crippen LogP contribution in [0.2, 0.25) is 0 Å². The van der Waals surface area contributed by atoms with E-state index in [-0.39, 0.29) is 41.2 Å². The zero-order chi connectivity index (χ0) is 30.9. The van der Waals surface area contributed by atoms with Crippen LogP contribution in [0, 0.1) is 5.82 Å². The van der Waals surface area contributed by atoms with Crippen LogP contribution < -0.4 is 19.1 Å². The molecule has 0 spiro atoms. The number of carbonyl (C=O) groups excluding carboxylic acids is 2. The number of nitrogens with zero attached hydrogens (tertiary/aromatic N) is 2. The van der Waals surface area contributed by atoms with Gasteiger partial charge in [-0.05, 0) is 73.9 Å². The van der Waals surface area contributed by atoms with Crippen molar-refractivity contribution in [1.82, 2.24) is 10.2 Å². The summed E-state index contributed by atoms with van der Waals surface area (Å²) in [7, 11) is -1.41. The first kappa shape index (κ1) is 32.4. The number of ether oxygens (including phenoxy) is 2. The van der Waals surface area contributed by atoms with Crippen molar-refractivity contribution in [2.45, 2.75) is 57.1 Å². The van der Waals surface area contributed by atoms with Gasteiger partial charge < -0.3 is 19.7 Å². The van der Waals surface area contributed by atoms with E-state index >= 15 is 0 Å². The van der Waals surface area contributed by atoms with Crippen molar-refractivity contribution < 1.29 is 31.9 Å². The quantitative estimate of drug-likeness (QED) is 0.287. The maximum atomic E-state index is 14.1. The van der Waals surface area contributed by atoms with Gasteiger partial charge in [0.2, 0.25) is 11.8 Å². The summed E-state index contributed by atoms with van der Waals surface area (Å²) in [6, 6.07) is 16.9. The van der Waals surface area contributed by atoms with E-state index in [1.54, 1.807) is 31.2 Å². The number of para-hydroxylation sites is 2. The summed E-state index contributed by atoms with van der Waals surface area (Å²) >= 11 is 0. The van der Waals surface area contributed by atoms with Gasteiger partial charge in [-0.1, -0.05) is 38.1 Å². The number of anilines is 1. The molecule has 0 aliphatic carbocycles. The van der Waals surface area contributed by atoms with E-state index in [0.29, 0.717) is 17.7 Å². The molecule has 3 rings (SSSR count). The Balaban J connectivity index is 2.09. The van der Waals surface area contributed by atoms with Crippen molar-refractivity contribution in [1.29, 1.82) is 0 Å². The molecule has 2 atom stereocenters. The third-order valence-electron chi connectivity index (χ3n) is 6.93. The summed E-state index contributed by atoms with van der Waals surface area (Å²) in [5, 5.41) is 2.92. The Morgan fingerprint density at radius 1 is 0.905 bits per heavy atom. The van der Waals surface area contributed by atoms with E-state index in [4.69, 9.17) is 9.47 Å². The standard InChI is InChI=1S/C31H38FN3O6S/c1-6-22(3)33-31(37)27(7-2)34(20-23-12-14-24(32)15-13-23)30(36)21-35(28-10-8-9-11-29(28)41-5)42(38,39)26-18-16-25(40-4)17-19-26/h8-19,22,27H,6-7,20-21H2,1-5H3,(H,33,37)/t22-,27+/m1/s1. The SMILES string of the molecule is CC[C@@H](C)NC(=O)[C@H](CC)N(Cc1ccc(F)cc1)C(=O)CN(c1ccccc1OC)S(=O)(=O)c1ccc(OC)cc1. The first-order chi connectivity index (χ1) is 20.0. The number of amides is 2. The molecule has 3 aromatic carbocycles. The minimum absolute atomic E-state index is 0.0338. The number of methoxy groups -OCH3 is 2. The molecule has 0 heterocycles. The second-order valence-electron chi connectivity index (χ2n) is 9.75. The smallest absolute Gasteiger partial charge is 0.264 e. The third kappa shape index (κ3) is 7.79. The number of rotatable bonds is 14. The predicted octanol–water partition coefficient (Wildman–Crippen LogP) is 4.76. The fourth-order valence-electron chi connectivity index (χ4n) is 4.37. The molecule has 0 aliphatic heterocycles. The van der Waals surface area contributed by atoms with Crippen LogP contribution in [0.5, 0.6) is 11.5 Å². The summed E-state index contributed by atoms with van der Waals surface area (Å²) in [6.07, 6.45) is 0.963. The van der Waals surface area contributed by atoms with Gasteiger partial charge >= 0.3 is 0 Å². The van der Waals surface area contributed by atoms with E-state index < -0.39 is 34.3 Å². The maximum Gasteiger partial charge on any atom is 0.264 e. The lowest BCUT2D eigenvalue weighted by atomic mass is 10.1. The number of halogens is 1. The topological polar surface area (TPSA) is 105 Å². The second-order valence-corrected chi connectivity index (χ2v) is 11.6. The van der Waals surface area contributed by atoms with Crippen LogP contribution in [0.15, 0.2) is 77.7 Å². The Hall–Kier alpha value is -4.12. The third-order valence-corrected chi connectivity index (χ3v) is 8.71. The van der Waals surface area contributed by atoms with E-state index in [0.717, 1.165) is 4.31 Å². The van der Waals surface area contributed by atoms with Crippen molar-refractivity contribution in [3.63, 3.8) is 0 Å². The van der Waals surface area contributed by atoms with Gasteiger partial charge in [-0.25, -0.2) is 12.8 Å². The number of hydrogen-bond donors (Lipinski definition) is 1. The van der Waals surface area contributed by atoms with Crippen molar-refractivity contribution >= 4 is 27.5 Å². The molecule has 9 nitrogen and oxygen atoms in total. The second kappa shape index (κ2) is 14.7. The summed E-state index contributed by atoms with van der Waals surface area (Å²) in [4.78, 5) is 28.8. The van der Waals surface area contributed by atoms with Crippen LogP contribution in [0.3, 0.4) is 0 Å². The first-order valence-electron chi connectivity index (χ1n) is 13.7. The highest BCUT2D eigenvalue weighted by atomic mass is 32.2. The Labute approximate surface area is 247 Å². The molecule has 1 N–H and O–H groups in total. The number of sulfonamides is 1. The molecule has 0 unspecified atom stereocenters. The van der Waals surface area contributed by atoms with Gasteiger partial charge in [0.25, 0.3) is 10.0 Å². The van der Waals surface area contributed by atoms with E-state index in [1.165, 1.54) is 67.7 Å². The van der Waals surface area contributed by atoms with Gasteiger partial charge in [0.1, 0.15) is 29.9 Å². The van der Waals surface area contributed by atoms with Crippen LogP contribution >= 0.6 is 0 Å². The van der Waals surface area contributed by atoms with Crippen molar-refractivity contribution in [2.24, 2.45) is 0 Å². The molecule has 42 heavy (non-hydrogen) atoms. The lowest BCUT2D eigenvalue weighted by Gasteiger charge is -2.34. The van der Waals surface area contributed by atoms with Crippen molar-refractivity contribution in [3.8, 4) is 11.5 Å². The molecular formula is C31H38FN3O6S. The van der Waals surface area contributed by atoms with E-state index in [2.05, 4.69) is 5.32 Å². The molecule has 11 heteroatoms. The summed E-state index contributed by atoms with van der Waals surface area (Å²) in [5.41, 5.74) is 0.740. The first-order valence-corrected chi connectivity index (χ1v) is 15.1. The summed E-state index contributed by atoms with van der Waals surface area (Å²) < 4.78 is 53.4. The van der Waals surface area contributed by atoms with Gasteiger partial charge in [0.05, 0.1) is 24.8 Å². The normalized spacial score (nSPS) is 12.6. The van der Waals surface area contributed by atoms with Crippen LogP contribution in [0.25, 0.3) is 0 Å². The van der Waals surface area contributed by atoms with E-state index in [9.17, 15) is 22.4 Å². The molecule has 0 fully saturated rings. The number of hydrogen-bond acceptors (Lipinski definition) is 6. The molecule has 0 saturated heterocycles. The van der Waals surface area contributed by atoms with Crippen LogP contribution in [-0.2, 0) is 26.2 Å². The van der Waals surface area contributed by atoms with Crippen molar-refractivity contribution in [2.75, 3.05) is 25.1 Å². The molecule has 0 bridgehead atoms. The monoisotopic (exact) mass is 599 g/mol. The maximum absolute atomic E-state index is 14.1. The molecule has 0 saturated carbocycles. The van der Waals surface area contributed by atoms with Gasteiger partial charge in [0, 0.05) is 12.6 Å². The highest BCUT2D eigenvalue weighted by Crippen LogP contribution is 2.33. The Morgan fingerprint density at radius 3 is 2.12 bits per heavy atom. The zero-order valence-electron chi connectivity index (χ0n) is 24.5. The predicted molar refractivity (Wildman–Crippen MR) is 159 cm³/mol. The Morgan fingerprint density at radius 2 is 1.55 bits per heavy atom. The van der Waals surface area contributed by atoms with Crippen LogP contribution in [0.1, 0.15) is 39.2 Å². The molecular weight excluding hydrogens is 561 g/mol. The van der Waals surface area contributed by atoms with Gasteiger partial charge in [-0.2, -0.15) is 0 Å². The van der Waals surface area contributed by atoms with Gasteiger partial charge in [-0.15, -0.1) is 0 Å². The van der Waals surface area contributed by atoms with E-state index in [1.807, 2.05) is 13.8 Å². The van der Waals surface area contributed by atoms with Crippen molar-refractivity contribution in [3.05, 3.63) is 84.2 Å². The summed E-state index contributed by atoms with van der Waals surface area (Å²) in [5.74, 6) is -0.699. The van der Waals surface area contributed by atoms with Crippen LogP contribution in [-0.4, -0.2) is 58.0 Å². The molecule has 3 aromatic rings. The highest BCUT2D eigenvalue weighted by molar-refractivity contribution is 7.92. The minimum Gasteiger partial charge on any atom is -0.497 e. The molecule has 0 radical (unpaired) electrons. The minimum atomic E-state index is -4.29. The fourth-order valence-corrected chi connectivity index (χ4v) is 5.80. The number of benzene rings is 3. The molecule has 0 aromatic heterocycles. The largest absolute Gasteiger partial charge is 0.497 e. The number of nitrogens with one attached hydrogen (secondary N) is 1. The lowest BCUT2D eigenvalue weighted by Crippen LogP contribution is -2.53. The molecule has 2 amide bonds. The summed E-state index contributed by atoms with van der Waals surface area (Å²) in [6.45, 7) is 4.92. The highest BCUT2D eigenvalue weighted by Gasteiger charge is 2.35. The average molecular weight is 600 g/mol. The van der Waals surface area contributed by atoms with Gasteiger partial charge in [0.15, 0.2) is 0 Å². The van der Waals surface area contributed by atoms with Crippen LogP contribution in [0.4, 0.5) is 10.1 Å². The fraction of sp³-hybridized carbons (Fsp3) is 0.355. The van der Waals surface area contributed by atoms with Gasteiger partial charge in [-0.3, -0.25) is 13.9 Å². The lowest BCUT2D eigenvalue weighted by molar-refractivity contribution is -0.140. The molecule has 0 aliphatic rings. The average Bonchev–Trinajstić information content (AvgIpc) is 3.00. The number of carbonyl (C=O) groups is 2. The Kier molecular flexibility index (Phi) is 11.3. The Bertz CT molecular complexity index is 1450. The zero-order valence-corrected chi connectivity index (χ0v) is 25.4. The molecule has 226 valence electrons.